The second-order valence-corrected chi connectivity index (χ2v) is 6.27. The highest BCUT2D eigenvalue weighted by Crippen LogP contribution is 2.09. The monoisotopic (exact) mass is 424 g/mol. The third-order valence-electron chi connectivity index (χ3n) is 4.12. The van der Waals surface area contributed by atoms with Gasteiger partial charge in [0.15, 0.2) is 5.65 Å². The standard InChI is InChI=1S/C21H20N4O6/c1-2-30-17(26)12-23-19(27)15-9-6-10-25-18(15)22-11-16(20(25)28)24-21(29)31-13-14-7-4-3-5-8-14/h3-11H,2,12-13H2,1H3,(H,23,27)(H,24,29). The number of pyridine rings is 1. The van der Waals surface area contributed by atoms with Crippen LogP contribution in [-0.2, 0) is 20.9 Å². The number of hydrogen-bond donors (Lipinski definition) is 2. The van der Waals surface area contributed by atoms with E-state index in [1.165, 1.54) is 18.3 Å². The lowest BCUT2D eigenvalue weighted by Gasteiger charge is -2.10. The number of esters is 1. The topological polar surface area (TPSA) is 128 Å². The molecule has 160 valence electrons. The Kier molecular flexibility index (Phi) is 6.94. The molecule has 0 aliphatic rings. The molecule has 2 N–H and O–H groups in total. The summed E-state index contributed by atoms with van der Waals surface area (Å²) >= 11 is 0. The van der Waals surface area contributed by atoms with E-state index in [2.05, 4.69) is 15.6 Å². The average Bonchev–Trinajstić information content (AvgIpc) is 2.78. The number of aromatic nitrogens is 2. The number of amides is 2. The molecule has 0 atom stereocenters. The Bertz CT molecular complexity index is 1160. The maximum Gasteiger partial charge on any atom is 0.412 e. The first-order valence-corrected chi connectivity index (χ1v) is 9.41. The van der Waals surface area contributed by atoms with Gasteiger partial charge in [0.2, 0.25) is 0 Å². The minimum absolute atomic E-state index is 0.0415. The van der Waals surface area contributed by atoms with E-state index in [4.69, 9.17) is 9.47 Å². The zero-order valence-corrected chi connectivity index (χ0v) is 16.7. The number of fused-ring (bicyclic) bond motifs is 1. The molecule has 0 spiro atoms. The third kappa shape index (κ3) is 5.44. The van der Waals surface area contributed by atoms with Crippen molar-refractivity contribution in [1.29, 1.82) is 0 Å². The van der Waals surface area contributed by atoms with E-state index in [1.54, 1.807) is 19.1 Å². The Hall–Kier alpha value is -4.21. The molecular formula is C21H20N4O6. The first-order valence-electron chi connectivity index (χ1n) is 9.41. The molecule has 0 aliphatic carbocycles. The van der Waals surface area contributed by atoms with Crippen molar-refractivity contribution in [2.24, 2.45) is 0 Å². The highest BCUT2D eigenvalue weighted by molar-refractivity contribution is 6.01. The maximum absolute atomic E-state index is 12.7. The number of carbonyl (C=O) groups excluding carboxylic acids is 3. The summed E-state index contributed by atoms with van der Waals surface area (Å²) in [7, 11) is 0. The first kappa shape index (κ1) is 21.5. The second kappa shape index (κ2) is 10.0. The predicted octanol–water partition coefficient (Wildman–Crippen LogP) is 1.74. The van der Waals surface area contributed by atoms with E-state index in [-0.39, 0.29) is 36.7 Å². The summed E-state index contributed by atoms with van der Waals surface area (Å²) in [5.74, 6) is -1.18. The molecule has 0 aliphatic heterocycles. The van der Waals surface area contributed by atoms with E-state index in [9.17, 15) is 19.2 Å². The van der Waals surface area contributed by atoms with Crippen molar-refractivity contribution in [3.8, 4) is 0 Å². The van der Waals surface area contributed by atoms with Crippen molar-refractivity contribution in [2.75, 3.05) is 18.5 Å². The number of anilines is 1. The van der Waals surface area contributed by atoms with E-state index in [0.29, 0.717) is 0 Å². The SMILES string of the molecule is CCOC(=O)CNC(=O)c1cccn2c(=O)c(NC(=O)OCc3ccccc3)cnc12. The van der Waals surface area contributed by atoms with Crippen LogP contribution >= 0.6 is 0 Å². The van der Waals surface area contributed by atoms with Gasteiger partial charge in [-0.1, -0.05) is 30.3 Å². The van der Waals surface area contributed by atoms with Crippen LogP contribution in [0.4, 0.5) is 10.5 Å². The van der Waals surface area contributed by atoms with Gasteiger partial charge in [-0.3, -0.25) is 24.1 Å². The summed E-state index contributed by atoms with van der Waals surface area (Å²) < 4.78 is 11.0. The van der Waals surface area contributed by atoms with Crippen molar-refractivity contribution in [2.45, 2.75) is 13.5 Å². The van der Waals surface area contributed by atoms with Gasteiger partial charge in [0.25, 0.3) is 11.5 Å². The van der Waals surface area contributed by atoms with Crippen molar-refractivity contribution < 1.29 is 23.9 Å². The molecule has 3 aromatic rings. The zero-order chi connectivity index (χ0) is 22.2. The van der Waals surface area contributed by atoms with Gasteiger partial charge in [0.1, 0.15) is 18.8 Å². The Morgan fingerprint density at radius 3 is 2.58 bits per heavy atom. The quantitative estimate of drug-likeness (QED) is 0.553. The van der Waals surface area contributed by atoms with E-state index in [0.717, 1.165) is 16.2 Å². The molecule has 10 heteroatoms. The fourth-order valence-corrected chi connectivity index (χ4v) is 2.70. The molecule has 2 heterocycles. The van der Waals surface area contributed by atoms with Gasteiger partial charge in [0.05, 0.1) is 18.4 Å². The molecular weight excluding hydrogens is 404 g/mol. The van der Waals surface area contributed by atoms with E-state index < -0.39 is 23.5 Å². The van der Waals surface area contributed by atoms with Gasteiger partial charge in [-0.25, -0.2) is 9.78 Å². The third-order valence-corrected chi connectivity index (χ3v) is 4.12. The van der Waals surface area contributed by atoms with Gasteiger partial charge in [-0.05, 0) is 24.6 Å². The Morgan fingerprint density at radius 1 is 1.06 bits per heavy atom. The van der Waals surface area contributed by atoms with Gasteiger partial charge >= 0.3 is 12.1 Å². The molecule has 0 bridgehead atoms. The summed E-state index contributed by atoms with van der Waals surface area (Å²) in [6, 6.07) is 12.0. The van der Waals surface area contributed by atoms with Crippen LogP contribution in [0, 0.1) is 0 Å². The van der Waals surface area contributed by atoms with Gasteiger partial charge in [-0.15, -0.1) is 0 Å². The van der Waals surface area contributed by atoms with E-state index in [1.807, 2.05) is 18.2 Å². The highest BCUT2D eigenvalue weighted by atomic mass is 16.5. The molecule has 0 unspecified atom stereocenters. The van der Waals surface area contributed by atoms with Crippen molar-refractivity contribution in [3.63, 3.8) is 0 Å². The van der Waals surface area contributed by atoms with E-state index >= 15 is 0 Å². The number of carbonyl (C=O) groups is 3. The van der Waals surface area contributed by atoms with Crippen LogP contribution in [0.15, 0.2) is 59.7 Å². The van der Waals surface area contributed by atoms with Gasteiger partial charge < -0.3 is 14.8 Å². The fourth-order valence-electron chi connectivity index (χ4n) is 2.70. The van der Waals surface area contributed by atoms with Crippen LogP contribution in [0.5, 0.6) is 0 Å². The summed E-state index contributed by atoms with van der Waals surface area (Å²) in [6.45, 7) is 1.58. The molecule has 31 heavy (non-hydrogen) atoms. The summed E-state index contributed by atoms with van der Waals surface area (Å²) in [6.07, 6.45) is 1.74. The lowest BCUT2D eigenvalue weighted by atomic mass is 10.2. The molecule has 2 amide bonds. The van der Waals surface area contributed by atoms with Crippen LogP contribution in [0.2, 0.25) is 0 Å². The van der Waals surface area contributed by atoms with Crippen molar-refractivity contribution in [3.05, 3.63) is 76.3 Å². The van der Waals surface area contributed by atoms with Crippen LogP contribution in [0.3, 0.4) is 0 Å². The predicted molar refractivity (Wildman–Crippen MR) is 111 cm³/mol. The Balaban J connectivity index is 1.73. The molecule has 2 aromatic heterocycles. The normalized spacial score (nSPS) is 10.4. The molecule has 0 saturated carbocycles. The van der Waals surface area contributed by atoms with Gasteiger partial charge in [0, 0.05) is 6.20 Å². The Labute approximate surface area is 176 Å². The number of nitrogens with one attached hydrogen (secondary N) is 2. The van der Waals surface area contributed by atoms with Gasteiger partial charge in [-0.2, -0.15) is 0 Å². The summed E-state index contributed by atoms with van der Waals surface area (Å²) in [4.78, 5) is 52.7. The minimum atomic E-state index is -0.814. The lowest BCUT2D eigenvalue weighted by Crippen LogP contribution is -2.32. The number of rotatable bonds is 7. The maximum atomic E-state index is 12.7. The minimum Gasteiger partial charge on any atom is -0.465 e. The lowest BCUT2D eigenvalue weighted by molar-refractivity contribution is -0.141. The number of benzene rings is 1. The van der Waals surface area contributed by atoms with Crippen LogP contribution in [0.25, 0.3) is 5.65 Å². The molecule has 10 nitrogen and oxygen atoms in total. The molecule has 3 rings (SSSR count). The van der Waals surface area contributed by atoms with Crippen molar-refractivity contribution in [1.82, 2.24) is 14.7 Å². The highest BCUT2D eigenvalue weighted by Gasteiger charge is 2.16. The molecule has 0 radical (unpaired) electrons. The summed E-state index contributed by atoms with van der Waals surface area (Å²) in [5.41, 5.74) is 0.241. The molecule has 0 saturated heterocycles. The summed E-state index contributed by atoms with van der Waals surface area (Å²) in [5, 5.41) is 4.77. The second-order valence-electron chi connectivity index (χ2n) is 6.27. The largest absolute Gasteiger partial charge is 0.465 e. The van der Waals surface area contributed by atoms with Crippen LogP contribution in [-0.4, -0.2) is 40.5 Å². The van der Waals surface area contributed by atoms with Crippen molar-refractivity contribution >= 4 is 29.3 Å². The molecule has 1 aromatic carbocycles. The van der Waals surface area contributed by atoms with Crippen LogP contribution < -0.4 is 16.2 Å². The fraction of sp³-hybridized carbons (Fsp3) is 0.190. The van der Waals surface area contributed by atoms with Crippen LogP contribution in [0.1, 0.15) is 22.8 Å². The number of hydrogen-bond acceptors (Lipinski definition) is 7. The Morgan fingerprint density at radius 2 is 1.84 bits per heavy atom. The average molecular weight is 424 g/mol. The number of nitrogens with zero attached hydrogens (tertiary/aromatic N) is 2. The number of ether oxygens (including phenoxy) is 2. The zero-order valence-electron chi connectivity index (χ0n) is 16.7. The molecule has 0 fully saturated rings. The smallest absolute Gasteiger partial charge is 0.412 e. The first-order chi connectivity index (χ1) is 15.0.